The molecule has 0 aliphatic rings. The summed E-state index contributed by atoms with van der Waals surface area (Å²) in [5.41, 5.74) is 2.08. The molecule has 94 valence electrons. The topological polar surface area (TPSA) is 38.3 Å². The minimum atomic E-state index is -0.217. The quantitative estimate of drug-likeness (QED) is 0.645. The second kappa shape index (κ2) is 7.33. The number of unbranched alkanes of at least 4 members (excludes halogenated alkanes) is 1. The van der Waals surface area contributed by atoms with Crippen LogP contribution in [0.3, 0.4) is 0 Å². The molecule has 0 radical (unpaired) electrons. The van der Waals surface area contributed by atoms with E-state index in [0.29, 0.717) is 6.61 Å². The Hall–Kier alpha value is -1.03. The zero-order valence-electron chi connectivity index (χ0n) is 10.3. The highest BCUT2D eigenvalue weighted by molar-refractivity contribution is 9.10. The Morgan fingerprint density at radius 2 is 2.24 bits per heavy atom. The van der Waals surface area contributed by atoms with E-state index in [9.17, 15) is 4.79 Å². The number of hydrogen-bond donors (Lipinski definition) is 1. The standard InChI is InChI=1S/C13H18BrNO2/c1-3-4-7-17-13(16)9-15-12-6-5-10(2)8-11(12)14/h5-6,8,15H,3-4,7,9H2,1-2H3. The van der Waals surface area contributed by atoms with Gasteiger partial charge in [0.15, 0.2) is 0 Å². The highest BCUT2D eigenvalue weighted by Gasteiger charge is 2.04. The normalized spacial score (nSPS) is 10.1. The van der Waals surface area contributed by atoms with E-state index in [-0.39, 0.29) is 12.5 Å². The molecule has 0 heterocycles. The molecule has 0 saturated carbocycles. The van der Waals surface area contributed by atoms with Gasteiger partial charge < -0.3 is 10.1 Å². The zero-order chi connectivity index (χ0) is 12.7. The van der Waals surface area contributed by atoms with Gasteiger partial charge in [-0.3, -0.25) is 4.79 Å². The van der Waals surface area contributed by atoms with Crippen LogP contribution in [0.2, 0.25) is 0 Å². The second-order valence-corrected chi connectivity index (χ2v) is 4.77. The first-order valence-electron chi connectivity index (χ1n) is 5.79. The fourth-order valence-corrected chi connectivity index (χ4v) is 1.95. The van der Waals surface area contributed by atoms with Crippen molar-refractivity contribution in [2.45, 2.75) is 26.7 Å². The molecule has 0 atom stereocenters. The van der Waals surface area contributed by atoms with Gasteiger partial charge in [-0.05, 0) is 47.0 Å². The third-order valence-electron chi connectivity index (χ3n) is 2.31. The van der Waals surface area contributed by atoms with E-state index in [0.717, 1.165) is 23.0 Å². The number of carbonyl (C=O) groups is 1. The van der Waals surface area contributed by atoms with E-state index in [1.54, 1.807) is 0 Å². The first-order valence-corrected chi connectivity index (χ1v) is 6.58. The molecule has 1 aromatic rings. The van der Waals surface area contributed by atoms with Gasteiger partial charge in [-0.15, -0.1) is 0 Å². The summed E-state index contributed by atoms with van der Waals surface area (Å²) in [5, 5.41) is 3.05. The van der Waals surface area contributed by atoms with Crippen LogP contribution in [-0.4, -0.2) is 19.1 Å². The molecule has 0 spiro atoms. The van der Waals surface area contributed by atoms with Gasteiger partial charge in [0.25, 0.3) is 0 Å². The van der Waals surface area contributed by atoms with Crippen molar-refractivity contribution in [2.24, 2.45) is 0 Å². The molecule has 0 unspecified atom stereocenters. The van der Waals surface area contributed by atoms with Gasteiger partial charge in [-0.2, -0.15) is 0 Å². The molecule has 17 heavy (non-hydrogen) atoms. The lowest BCUT2D eigenvalue weighted by Gasteiger charge is -2.09. The predicted molar refractivity (Wildman–Crippen MR) is 73.2 cm³/mol. The highest BCUT2D eigenvalue weighted by atomic mass is 79.9. The number of carbonyl (C=O) groups excluding carboxylic acids is 1. The van der Waals surface area contributed by atoms with Crippen molar-refractivity contribution in [3.8, 4) is 0 Å². The van der Waals surface area contributed by atoms with Gasteiger partial charge in [-0.25, -0.2) is 0 Å². The van der Waals surface area contributed by atoms with E-state index in [1.165, 1.54) is 5.56 Å². The molecule has 0 amide bonds. The SMILES string of the molecule is CCCCOC(=O)CNc1ccc(C)cc1Br. The number of ether oxygens (including phenoxy) is 1. The van der Waals surface area contributed by atoms with Crippen molar-refractivity contribution >= 4 is 27.6 Å². The molecule has 0 aliphatic heterocycles. The Labute approximate surface area is 111 Å². The highest BCUT2D eigenvalue weighted by Crippen LogP contribution is 2.22. The molecule has 0 fully saturated rings. The summed E-state index contributed by atoms with van der Waals surface area (Å²) in [4.78, 5) is 11.4. The Morgan fingerprint density at radius 3 is 2.88 bits per heavy atom. The number of hydrogen-bond acceptors (Lipinski definition) is 3. The number of halogens is 1. The van der Waals surface area contributed by atoms with Gasteiger partial charge in [0, 0.05) is 10.2 Å². The van der Waals surface area contributed by atoms with Gasteiger partial charge in [0.2, 0.25) is 0 Å². The minimum Gasteiger partial charge on any atom is -0.464 e. The molecule has 0 aromatic heterocycles. The zero-order valence-corrected chi connectivity index (χ0v) is 11.8. The molecule has 0 bridgehead atoms. The summed E-state index contributed by atoms with van der Waals surface area (Å²) >= 11 is 3.45. The van der Waals surface area contributed by atoms with Crippen LogP contribution in [-0.2, 0) is 9.53 Å². The largest absolute Gasteiger partial charge is 0.464 e. The summed E-state index contributed by atoms with van der Waals surface area (Å²) in [7, 11) is 0. The van der Waals surface area contributed by atoms with Crippen LogP contribution in [0.4, 0.5) is 5.69 Å². The summed E-state index contributed by atoms with van der Waals surface area (Å²) in [6.45, 7) is 4.79. The average Bonchev–Trinajstić information content (AvgIpc) is 2.28. The van der Waals surface area contributed by atoms with Crippen LogP contribution < -0.4 is 5.32 Å². The number of esters is 1. The Morgan fingerprint density at radius 1 is 1.47 bits per heavy atom. The van der Waals surface area contributed by atoms with E-state index >= 15 is 0 Å². The van der Waals surface area contributed by atoms with E-state index in [2.05, 4.69) is 28.2 Å². The maximum absolute atomic E-state index is 11.4. The Balaban J connectivity index is 2.37. The average molecular weight is 300 g/mol. The monoisotopic (exact) mass is 299 g/mol. The maximum Gasteiger partial charge on any atom is 0.325 e. The Kier molecular flexibility index (Phi) is 6.05. The molecule has 1 N–H and O–H groups in total. The van der Waals surface area contributed by atoms with Gasteiger partial charge in [0.1, 0.15) is 6.54 Å². The van der Waals surface area contributed by atoms with Crippen LogP contribution in [0.15, 0.2) is 22.7 Å². The number of rotatable bonds is 6. The lowest BCUT2D eigenvalue weighted by molar-refractivity contribution is -0.141. The Bertz CT molecular complexity index is 380. The van der Waals surface area contributed by atoms with Gasteiger partial charge in [-0.1, -0.05) is 19.4 Å². The van der Waals surface area contributed by atoms with E-state index in [4.69, 9.17) is 4.74 Å². The van der Waals surface area contributed by atoms with Crippen LogP contribution in [0.25, 0.3) is 0 Å². The second-order valence-electron chi connectivity index (χ2n) is 3.91. The van der Waals surface area contributed by atoms with Crippen molar-refractivity contribution < 1.29 is 9.53 Å². The van der Waals surface area contributed by atoms with Crippen molar-refractivity contribution in [1.29, 1.82) is 0 Å². The number of benzene rings is 1. The van der Waals surface area contributed by atoms with Crippen molar-refractivity contribution in [3.63, 3.8) is 0 Å². The number of anilines is 1. The molecular weight excluding hydrogens is 282 g/mol. The minimum absolute atomic E-state index is 0.200. The van der Waals surface area contributed by atoms with E-state index < -0.39 is 0 Å². The lowest BCUT2D eigenvalue weighted by Crippen LogP contribution is -2.17. The fraction of sp³-hybridized carbons (Fsp3) is 0.462. The third kappa shape index (κ3) is 5.22. The van der Waals surface area contributed by atoms with Crippen LogP contribution in [0.5, 0.6) is 0 Å². The van der Waals surface area contributed by atoms with Crippen molar-refractivity contribution in [2.75, 3.05) is 18.5 Å². The van der Waals surface area contributed by atoms with Crippen molar-refractivity contribution in [1.82, 2.24) is 0 Å². The summed E-state index contributed by atoms with van der Waals surface area (Å²) in [6, 6.07) is 5.94. The molecule has 1 rings (SSSR count). The molecule has 0 saturated heterocycles. The first kappa shape index (κ1) is 14.0. The van der Waals surface area contributed by atoms with Gasteiger partial charge >= 0.3 is 5.97 Å². The van der Waals surface area contributed by atoms with Crippen LogP contribution in [0.1, 0.15) is 25.3 Å². The maximum atomic E-state index is 11.4. The molecule has 1 aromatic carbocycles. The van der Waals surface area contributed by atoms with E-state index in [1.807, 2.05) is 25.1 Å². The summed E-state index contributed by atoms with van der Waals surface area (Å²) in [6.07, 6.45) is 1.95. The lowest BCUT2D eigenvalue weighted by atomic mass is 10.2. The van der Waals surface area contributed by atoms with Crippen LogP contribution >= 0.6 is 15.9 Å². The predicted octanol–water partition coefficient (Wildman–Crippen LogP) is 3.51. The summed E-state index contributed by atoms with van der Waals surface area (Å²) < 4.78 is 6.01. The molecule has 0 aliphatic carbocycles. The molecule has 4 heteroatoms. The molecular formula is C13H18BrNO2. The smallest absolute Gasteiger partial charge is 0.325 e. The summed E-state index contributed by atoms with van der Waals surface area (Å²) in [5.74, 6) is -0.217. The van der Waals surface area contributed by atoms with Gasteiger partial charge in [0.05, 0.1) is 6.61 Å². The number of nitrogens with one attached hydrogen (secondary N) is 1. The van der Waals surface area contributed by atoms with Crippen molar-refractivity contribution in [3.05, 3.63) is 28.2 Å². The first-order chi connectivity index (χ1) is 8.13. The fourth-order valence-electron chi connectivity index (χ4n) is 1.31. The number of aryl methyl sites for hydroxylation is 1. The third-order valence-corrected chi connectivity index (χ3v) is 2.96. The van der Waals surface area contributed by atoms with Crippen LogP contribution in [0, 0.1) is 6.92 Å². The molecule has 3 nitrogen and oxygen atoms in total.